The fourth-order valence-corrected chi connectivity index (χ4v) is 1.19. The van der Waals surface area contributed by atoms with E-state index in [0.717, 1.165) is 12.1 Å². The summed E-state index contributed by atoms with van der Waals surface area (Å²) in [6.45, 7) is -0.237. The van der Waals surface area contributed by atoms with Crippen molar-refractivity contribution in [3.05, 3.63) is 47.3 Å². The summed E-state index contributed by atoms with van der Waals surface area (Å²) in [6.07, 6.45) is -3.09. The Morgan fingerprint density at radius 3 is 2.47 bits per heavy atom. The Morgan fingerprint density at radius 1 is 1.29 bits per heavy atom. The first kappa shape index (κ1) is 15.9. The quantitative estimate of drug-likeness (QED) is 0.836. The zero-order chi connectivity index (χ0) is 12.2. The van der Waals surface area contributed by atoms with Crippen molar-refractivity contribution in [2.45, 2.75) is 12.6 Å². The van der Waals surface area contributed by atoms with Gasteiger partial charge < -0.3 is 5.73 Å². The van der Waals surface area contributed by atoms with Crippen LogP contribution in [0.1, 0.15) is 11.1 Å². The fourth-order valence-electron chi connectivity index (χ4n) is 1.19. The molecule has 6 heteroatoms. The molecule has 1 aromatic carbocycles. The molecular formula is C11H12ClF4N. The maximum Gasteiger partial charge on any atom is 0.416 e. The molecule has 0 saturated carbocycles. The summed E-state index contributed by atoms with van der Waals surface area (Å²) in [5, 5.41) is 0. The first-order chi connectivity index (χ1) is 7.43. The maximum atomic E-state index is 12.7. The molecule has 17 heavy (non-hydrogen) atoms. The van der Waals surface area contributed by atoms with Gasteiger partial charge in [-0.1, -0.05) is 18.2 Å². The van der Waals surface area contributed by atoms with Crippen LogP contribution in [0, 0.1) is 0 Å². The normalized spacial score (nSPS) is 12.2. The highest BCUT2D eigenvalue weighted by atomic mass is 35.5. The summed E-state index contributed by atoms with van der Waals surface area (Å²) in [7, 11) is 0. The Bertz CT molecular complexity index is 387. The van der Waals surface area contributed by atoms with Crippen molar-refractivity contribution in [1.82, 2.24) is 0 Å². The van der Waals surface area contributed by atoms with E-state index in [9.17, 15) is 17.6 Å². The number of rotatable bonds is 3. The fraction of sp³-hybridized carbons (Fsp3) is 0.273. The molecule has 1 aromatic rings. The summed E-state index contributed by atoms with van der Waals surface area (Å²) in [6, 6.07) is 4.79. The van der Waals surface area contributed by atoms with Crippen LogP contribution in [0.5, 0.6) is 0 Å². The number of nitrogens with two attached hydrogens (primary N) is 1. The smallest absolute Gasteiger partial charge is 0.325 e. The van der Waals surface area contributed by atoms with Crippen LogP contribution in [-0.4, -0.2) is 6.54 Å². The lowest BCUT2D eigenvalue weighted by atomic mass is 10.1. The lowest BCUT2D eigenvalue weighted by Gasteiger charge is -2.07. The molecule has 96 valence electrons. The molecule has 1 nitrogen and oxygen atoms in total. The lowest BCUT2D eigenvalue weighted by molar-refractivity contribution is -0.137. The van der Waals surface area contributed by atoms with E-state index in [-0.39, 0.29) is 25.4 Å². The van der Waals surface area contributed by atoms with E-state index in [1.54, 1.807) is 0 Å². The summed E-state index contributed by atoms with van der Waals surface area (Å²) < 4.78 is 49.6. The zero-order valence-electron chi connectivity index (χ0n) is 8.80. The van der Waals surface area contributed by atoms with Crippen LogP contribution in [0.25, 0.3) is 0 Å². The SMILES string of the molecule is Cl.NC/C(F)=C/Cc1cccc(C(F)(F)F)c1. The van der Waals surface area contributed by atoms with Crippen LogP contribution in [-0.2, 0) is 12.6 Å². The van der Waals surface area contributed by atoms with Gasteiger partial charge in [-0.15, -0.1) is 12.4 Å². The molecule has 0 atom stereocenters. The van der Waals surface area contributed by atoms with Crippen molar-refractivity contribution < 1.29 is 17.6 Å². The van der Waals surface area contributed by atoms with Gasteiger partial charge in [-0.3, -0.25) is 0 Å². The third-order valence-corrected chi connectivity index (χ3v) is 2.01. The largest absolute Gasteiger partial charge is 0.416 e. The predicted molar refractivity (Wildman–Crippen MR) is 60.6 cm³/mol. The first-order valence-corrected chi connectivity index (χ1v) is 4.64. The molecule has 0 aliphatic rings. The van der Waals surface area contributed by atoms with Crippen LogP contribution in [0.15, 0.2) is 36.2 Å². The maximum absolute atomic E-state index is 12.7. The second-order valence-corrected chi connectivity index (χ2v) is 3.26. The second-order valence-electron chi connectivity index (χ2n) is 3.26. The standard InChI is InChI=1S/C11H11F4N.ClH/c12-10(7-16)5-4-8-2-1-3-9(6-8)11(13,14)15;/h1-3,5-6H,4,7,16H2;1H/b10-5-;. The predicted octanol–water partition coefficient (Wildman–Crippen LogP) is 3.48. The molecule has 0 fully saturated rings. The van der Waals surface area contributed by atoms with E-state index in [0.29, 0.717) is 5.56 Å². The van der Waals surface area contributed by atoms with Crippen molar-refractivity contribution >= 4 is 12.4 Å². The summed E-state index contributed by atoms with van der Waals surface area (Å²) in [5.74, 6) is -0.530. The van der Waals surface area contributed by atoms with E-state index in [1.165, 1.54) is 18.2 Å². The highest BCUT2D eigenvalue weighted by Gasteiger charge is 2.30. The Morgan fingerprint density at radius 2 is 1.94 bits per heavy atom. The van der Waals surface area contributed by atoms with Crippen molar-refractivity contribution in [2.75, 3.05) is 6.54 Å². The zero-order valence-corrected chi connectivity index (χ0v) is 9.61. The molecule has 0 saturated heterocycles. The monoisotopic (exact) mass is 269 g/mol. The van der Waals surface area contributed by atoms with Gasteiger partial charge in [0.25, 0.3) is 0 Å². The minimum Gasteiger partial charge on any atom is -0.325 e. The van der Waals surface area contributed by atoms with Crippen LogP contribution in [0.2, 0.25) is 0 Å². The molecule has 1 rings (SSSR count). The minimum atomic E-state index is -4.37. The molecule has 0 aliphatic heterocycles. The molecule has 2 N–H and O–H groups in total. The molecule has 0 unspecified atom stereocenters. The number of alkyl halides is 3. The van der Waals surface area contributed by atoms with Crippen LogP contribution in [0.4, 0.5) is 17.6 Å². The van der Waals surface area contributed by atoms with Crippen molar-refractivity contribution in [2.24, 2.45) is 5.73 Å². The number of benzene rings is 1. The molecule has 0 amide bonds. The highest BCUT2D eigenvalue weighted by molar-refractivity contribution is 5.85. The van der Waals surface area contributed by atoms with Crippen molar-refractivity contribution in [3.63, 3.8) is 0 Å². The minimum absolute atomic E-state index is 0. The van der Waals surface area contributed by atoms with E-state index >= 15 is 0 Å². The molecule has 0 aromatic heterocycles. The number of allylic oxidation sites excluding steroid dienone is 1. The van der Waals surface area contributed by atoms with Crippen LogP contribution >= 0.6 is 12.4 Å². The van der Waals surface area contributed by atoms with Crippen molar-refractivity contribution in [1.29, 1.82) is 0 Å². The first-order valence-electron chi connectivity index (χ1n) is 4.64. The molecule has 0 bridgehead atoms. The summed E-state index contributed by atoms with van der Waals surface area (Å²) in [4.78, 5) is 0. The van der Waals surface area contributed by atoms with E-state index in [2.05, 4.69) is 0 Å². The molecular weight excluding hydrogens is 258 g/mol. The van der Waals surface area contributed by atoms with E-state index in [4.69, 9.17) is 5.73 Å². The Hall–Kier alpha value is -1.07. The third kappa shape index (κ3) is 5.19. The van der Waals surface area contributed by atoms with E-state index < -0.39 is 17.6 Å². The highest BCUT2D eigenvalue weighted by Crippen LogP contribution is 2.29. The Balaban J connectivity index is 0.00000256. The average molecular weight is 270 g/mol. The van der Waals surface area contributed by atoms with Gasteiger partial charge in [0.05, 0.1) is 5.56 Å². The number of hydrogen-bond acceptors (Lipinski definition) is 1. The lowest BCUT2D eigenvalue weighted by Crippen LogP contribution is -2.05. The van der Waals surface area contributed by atoms with Gasteiger partial charge in [0.15, 0.2) is 0 Å². The topological polar surface area (TPSA) is 26.0 Å². The van der Waals surface area contributed by atoms with Gasteiger partial charge in [-0.2, -0.15) is 13.2 Å². The van der Waals surface area contributed by atoms with Crippen LogP contribution in [0.3, 0.4) is 0 Å². The second kappa shape index (κ2) is 6.61. The van der Waals surface area contributed by atoms with Gasteiger partial charge in [-0.25, -0.2) is 4.39 Å². The van der Waals surface area contributed by atoms with Crippen molar-refractivity contribution in [3.8, 4) is 0 Å². The van der Waals surface area contributed by atoms with E-state index in [1.807, 2.05) is 0 Å². The van der Waals surface area contributed by atoms with Gasteiger partial charge in [0.1, 0.15) is 5.83 Å². The number of halogens is 5. The van der Waals surface area contributed by atoms with Gasteiger partial charge in [0.2, 0.25) is 0 Å². The Kier molecular flexibility index (Phi) is 6.20. The third-order valence-electron chi connectivity index (χ3n) is 2.01. The van der Waals surface area contributed by atoms with Gasteiger partial charge in [0, 0.05) is 6.54 Å². The van der Waals surface area contributed by atoms with Crippen LogP contribution < -0.4 is 5.73 Å². The summed E-state index contributed by atoms with van der Waals surface area (Å²) in [5.41, 5.74) is 4.68. The number of hydrogen-bond donors (Lipinski definition) is 1. The Labute approximate surface area is 103 Å². The molecule has 0 aliphatic carbocycles. The molecule has 0 heterocycles. The molecule has 0 radical (unpaired) electrons. The molecule has 0 spiro atoms. The van der Waals surface area contributed by atoms with Gasteiger partial charge in [-0.05, 0) is 24.1 Å². The summed E-state index contributed by atoms with van der Waals surface area (Å²) >= 11 is 0. The van der Waals surface area contributed by atoms with Gasteiger partial charge >= 0.3 is 6.18 Å². The average Bonchev–Trinajstić information content (AvgIpc) is 2.25.